The highest BCUT2D eigenvalue weighted by Crippen LogP contribution is 2.37. The second kappa shape index (κ2) is 11.0. The molecular weight excluding hydrogens is 542 g/mol. The van der Waals surface area contributed by atoms with Gasteiger partial charge in [-0.2, -0.15) is 0 Å². The fraction of sp³-hybridized carbons (Fsp3) is 0.517. The Balaban J connectivity index is 1.04. The molecule has 13 heteroatoms. The number of nitrogens with two attached hydrogens (primary N) is 1. The first-order valence-electron chi connectivity index (χ1n) is 14.4. The smallest absolute Gasteiger partial charge is 0.269 e. The normalized spacial score (nSPS) is 27.2. The molecule has 4 aliphatic rings. The van der Waals surface area contributed by atoms with Crippen LogP contribution in [0.15, 0.2) is 30.3 Å². The van der Waals surface area contributed by atoms with Gasteiger partial charge in [-0.3, -0.25) is 24.5 Å². The van der Waals surface area contributed by atoms with Crippen LogP contribution in [-0.4, -0.2) is 98.7 Å². The molecule has 0 radical (unpaired) electrons. The molecular formula is C29H35N7O6. The molecule has 222 valence electrons. The highest BCUT2D eigenvalue weighted by Gasteiger charge is 2.44. The highest BCUT2D eigenvalue weighted by atomic mass is 16.3. The fourth-order valence-corrected chi connectivity index (χ4v) is 6.66. The zero-order valence-corrected chi connectivity index (χ0v) is 23.2. The molecule has 2 aromatic rings. The Kier molecular flexibility index (Phi) is 7.41. The number of β-amino-alcohol motifs (C(OH)–C–C–N with tert-alkyl or cyclic N) is 1. The molecule has 4 aliphatic heterocycles. The minimum Gasteiger partial charge on any atom is -0.388 e. The van der Waals surface area contributed by atoms with Gasteiger partial charge >= 0.3 is 0 Å². The Morgan fingerprint density at radius 2 is 1.86 bits per heavy atom. The maximum absolute atomic E-state index is 13.0. The number of amides is 4. The molecule has 13 nitrogen and oxygen atoms in total. The van der Waals surface area contributed by atoms with E-state index >= 15 is 0 Å². The molecule has 0 spiro atoms. The van der Waals surface area contributed by atoms with E-state index in [4.69, 9.17) is 5.73 Å². The summed E-state index contributed by atoms with van der Waals surface area (Å²) < 4.78 is 0. The predicted molar refractivity (Wildman–Crippen MR) is 149 cm³/mol. The molecule has 0 saturated carbocycles. The van der Waals surface area contributed by atoms with E-state index in [2.05, 4.69) is 25.3 Å². The fourth-order valence-electron chi connectivity index (χ4n) is 6.66. The zero-order valence-electron chi connectivity index (χ0n) is 23.2. The Morgan fingerprint density at radius 3 is 2.52 bits per heavy atom. The second-order valence-corrected chi connectivity index (χ2v) is 11.8. The molecule has 3 fully saturated rings. The van der Waals surface area contributed by atoms with Gasteiger partial charge in [0.1, 0.15) is 11.6 Å². The number of aliphatic hydroxyl groups excluding tert-OH is 1. The van der Waals surface area contributed by atoms with E-state index in [1.807, 2.05) is 0 Å². The standard InChI is InChI=1S/C29H35N7O6/c30-26(39)21-3-5-24(33-32-21)35-10-7-17(8-11-35)14-34-12-9-29(42,23(37)16-34)19-1-2-20-18(13-19)15-36(28(20)41)22-4-6-25(38)31-27(22)40/h1-3,5,13,17,22-23,37,42H,4,6-12,14-16H2,(H2,30,39)(H,31,38,40)/t22?,23-,29-/m0/s1. The number of anilines is 1. The molecule has 6 rings (SSSR count). The molecule has 5 heterocycles. The summed E-state index contributed by atoms with van der Waals surface area (Å²) in [5.41, 5.74) is 5.67. The van der Waals surface area contributed by atoms with E-state index in [1.165, 1.54) is 4.90 Å². The summed E-state index contributed by atoms with van der Waals surface area (Å²) in [6, 6.07) is 7.77. The van der Waals surface area contributed by atoms with Crippen LogP contribution >= 0.6 is 0 Å². The summed E-state index contributed by atoms with van der Waals surface area (Å²) in [5, 5.41) is 33.1. The van der Waals surface area contributed by atoms with Crippen molar-refractivity contribution in [3.8, 4) is 0 Å². The number of imide groups is 1. The van der Waals surface area contributed by atoms with Gasteiger partial charge < -0.3 is 30.6 Å². The lowest BCUT2D eigenvalue weighted by Crippen LogP contribution is -2.54. The van der Waals surface area contributed by atoms with Gasteiger partial charge in [-0.25, -0.2) is 0 Å². The lowest BCUT2D eigenvalue weighted by atomic mass is 9.80. The average Bonchev–Trinajstić information content (AvgIpc) is 3.30. The van der Waals surface area contributed by atoms with Crippen LogP contribution in [0, 0.1) is 5.92 Å². The van der Waals surface area contributed by atoms with Gasteiger partial charge in [-0.15, -0.1) is 10.2 Å². The first kappa shape index (κ1) is 28.2. The minimum absolute atomic E-state index is 0.139. The molecule has 5 N–H and O–H groups in total. The number of fused-ring (bicyclic) bond motifs is 1. The van der Waals surface area contributed by atoms with Crippen LogP contribution in [0.3, 0.4) is 0 Å². The lowest BCUT2D eigenvalue weighted by Gasteiger charge is -2.44. The molecule has 1 unspecified atom stereocenters. The first-order valence-corrected chi connectivity index (χ1v) is 14.4. The number of primary amides is 1. The summed E-state index contributed by atoms with van der Waals surface area (Å²) in [6.45, 7) is 3.58. The van der Waals surface area contributed by atoms with Crippen LogP contribution < -0.4 is 16.0 Å². The van der Waals surface area contributed by atoms with Gasteiger partial charge in [0.25, 0.3) is 11.8 Å². The number of carbonyl (C=O) groups excluding carboxylic acids is 4. The Bertz CT molecular complexity index is 1410. The summed E-state index contributed by atoms with van der Waals surface area (Å²) >= 11 is 0. The van der Waals surface area contributed by atoms with E-state index < -0.39 is 29.6 Å². The number of hydrogen-bond acceptors (Lipinski definition) is 10. The molecule has 4 amide bonds. The van der Waals surface area contributed by atoms with Crippen LogP contribution in [0.25, 0.3) is 0 Å². The van der Waals surface area contributed by atoms with Crippen molar-refractivity contribution in [2.75, 3.05) is 37.6 Å². The minimum atomic E-state index is -1.45. The maximum atomic E-state index is 13.0. The largest absolute Gasteiger partial charge is 0.388 e. The Hall–Kier alpha value is -3.94. The molecule has 42 heavy (non-hydrogen) atoms. The van der Waals surface area contributed by atoms with Crippen LogP contribution in [0.2, 0.25) is 0 Å². The van der Waals surface area contributed by atoms with Crippen molar-refractivity contribution in [1.82, 2.24) is 25.3 Å². The monoisotopic (exact) mass is 577 g/mol. The number of nitrogens with one attached hydrogen (secondary N) is 1. The summed E-state index contributed by atoms with van der Waals surface area (Å²) in [6.07, 6.45) is 1.69. The topological polar surface area (TPSA) is 182 Å². The first-order chi connectivity index (χ1) is 20.1. The van der Waals surface area contributed by atoms with Crippen LogP contribution in [-0.2, 0) is 21.7 Å². The Morgan fingerprint density at radius 1 is 1.07 bits per heavy atom. The van der Waals surface area contributed by atoms with E-state index in [1.54, 1.807) is 30.3 Å². The number of aromatic nitrogens is 2. The third-order valence-corrected chi connectivity index (χ3v) is 9.17. The van der Waals surface area contributed by atoms with Crippen molar-refractivity contribution < 1.29 is 29.4 Å². The summed E-state index contributed by atoms with van der Waals surface area (Å²) in [5.74, 6) is -0.526. The van der Waals surface area contributed by atoms with E-state index in [0.717, 1.165) is 32.5 Å². The third-order valence-electron chi connectivity index (χ3n) is 9.17. The maximum Gasteiger partial charge on any atom is 0.269 e. The molecule has 3 saturated heterocycles. The number of piperidine rings is 3. The summed E-state index contributed by atoms with van der Waals surface area (Å²) in [4.78, 5) is 54.0. The quantitative estimate of drug-likeness (QED) is 0.327. The number of hydrogen-bond donors (Lipinski definition) is 4. The zero-order chi connectivity index (χ0) is 29.6. The van der Waals surface area contributed by atoms with Crippen molar-refractivity contribution in [1.29, 1.82) is 0 Å². The van der Waals surface area contributed by atoms with Crippen LogP contribution in [0.5, 0.6) is 0 Å². The van der Waals surface area contributed by atoms with Crippen molar-refractivity contribution in [2.45, 2.75) is 56.4 Å². The Labute approximate surface area is 242 Å². The van der Waals surface area contributed by atoms with Crippen molar-refractivity contribution >= 4 is 29.4 Å². The molecule has 1 aromatic carbocycles. The SMILES string of the molecule is NC(=O)c1ccc(N2CCC(CN3CC[C@](O)(c4ccc5c(c4)CN(C4CCC(=O)NC4=O)C5=O)[C@@H](O)C3)CC2)nn1. The highest BCUT2D eigenvalue weighted by molar-refractivity contribution is 6.05. The molecule has 0 bridgehead atoms. The van der Waals surface area contributed by atoms with E-state index in [9.17, 15) is 29.4 Å². The van der Waals surface area contributed by atoms with E-state index in [0.29, 0.717) is 47.9 Å². The van der Waals surface area contributed by atoms with Crippen LogP contribution in [0.4, 0.5) is 5.82 Å². The van der Waals surface area contributed by atoms with Gasteiger partial charge in [0.15, 0.2) is 11.5 Å². The van der Waals surface area contributed by atoms with Crippen molar-refractivity contribution in [2.24, 2.45) is 11.7 Å². The number of likely N-dealkylation sites (tertiary alicyclic amines) is 1. The average molecular weight is 578 g/mol. The lowest BCUT2D eigenvalue weighted by molar-refractivity contribution is -0.136. The number of carbonyl (C=O) groups is 4. The number of benzene rings is 1. The molecule has 1 aromatic heterocycles. The van der Waals surface area contributed by atoms with Gasteiger partial charge in [-0.05, 0) is 60.9 Å². The van der Waals surface area contributed by atoms with Crippen molar-refractivity contribution in [3.63, 3.8) is 0 Å². The van der Waals surface area contributed by atoms with Gasteiger partial charge in [0.05, 0.1) is 6.10 Å². The predicted octanol–water partition coefficient (Wildman–Crippen LogP) is -0.493. The number of rotatable bonds is 6. The van der Waals surface area contributed by atoms with Gasteiger partial charge in [0, 0.05) is 51.3 Å². The van der Waals surface area contributed by atoms with Gasteiger partial charge in [-0.1, -0.05) is 12.1 Å². The van der Waals surface area contributed by atoms with Crippen molar-refractivity contribution in [3.05, 3.63) is 52.7 Å². The second-order valence-electron chi connectivity index (χ2n) is 11.8. The number of aliphatic hydroxyl groups is 2. The van der Waals surface area contributed by atoms with Gasteiger partial charge in [0.2, 0.25) is 11.8 Å². The van der Waals surface area contributed by atoms with E-state index in [-0.39, 0.29) is 36.9 Å². The van der Waals surface area contributed by atoms with Crippen LogP contribution in [0.1, 0.15) is 64.1 Å². The molecule has 0 aliphatic carbocycles. The molecule has 3 atom stereocenters. The summed E-state index contributed by atoms with van der Waals surface area (Å²) in [7, 11) is 0. The third kappa shape index (κ3) is 5.23. The number of nitrogens with zero attached hydrogens (tertiary/aromatic N) is 5.